The zero-order valence-electron chi connectivity index (χ0n) is 15.1. The van der Waals surface area contributed by atoms with E-state index in [0.717, 1.165) is 17.3 Å². The second-order valence-corrected chi connectivity index (χ2v) is 6.48. The van der Waals surface area contributed by atoms with Gasteiger partial charge in [-0.25, -0.2) is 13.8 Å². The summed E-state index contributed by atoms with van der Waals surface area (Å²) in [6.07, 6.45) is 1.64. The van der Waals surface area contributed by atoms with Crippen LogP contribution >= 0.6 is 0 Å². The molecule has 2 aromatic carbocycles. The molecule has 2 heterocycles. The topological polar surface area (TPSA) is 61.9 Å². The highest BCUT2D eigenvalue weighted by atomic mass is 19.2. The lowest BCUT2D eigenvalue weighted by atomic mass is 9.97. The molecule has 140 valence electrons. The monoisotopic (exact) mass is 378 g/mol. The van der Waals surface area contributed by atoms with Crippen LogP contribution in [0.2, 0.25) is 0 Å². The molecule has 28 heavy (non-hydrogen) atoms. The van der Waals surface area contributed by atoms with Gasteiger partial charge in [0.05, 0.1) is 17.5 Å². The van der Waals surface area contributed by atoms with Crippen molar-refractivity contribution in [2.24, 2.45) is 0 Å². The van der Waals surface area contributed by atoms with Crippen LogP contribution in [0, 0.1) is 23.0 Å². The van der Waals surface area contributed by atoms with E-state index in [1.165, 1.54) is 6.07 Å². The van der Waals surface area contributed by atoms with Crippen LogP contribution in [0.25, 0.3) is 22.4 Å². The minimum atomic E-state index is -1.16. The van der Waals surface area contributed by atoms with Gasteiger partial charge in [0, 0.05) is 30.8 Å². The fourth-order valence-corrected chi connectivity index (χ4v) is 3.52. The van der Waals surface area contributed by atoms with Crippen molar-refractivity contribution in [3.63, 3.8) is 0 Å². The number of halogens is 2. The number of amides is 1. The average Bonchev–Trinajstić information content (AvgIpc) is 3.15. The number of imidazole rings is 1. The normalized spacial score (nSPS) is 13.4. The highest BCUT2D eigenvalue weighted by Gasteiger charge is 2.27. The predicted octanol–water partition coefficient (Wildman–Crippen LogP) is 3.84. The molecule has 1 aromatic heterocycles. The van der Waals surface area contributed by atoms with E-state index in [-0.39, 0.29) is 11.5 Å². The van der Waals surface area contributed by atoms with Crippen LogP contribution in [0.15, 0.2) is 42.6 Å². The first-order valence-electron chi connectivity index (χ1n) is 8.88. The summed E-state index contributed by atoms with van der Waals surface area (Å²) in [6.45, 7) is 3.79. The summed E-state index contributed by atoms with van der Waals surface area (Å²) in [5.41, 5.74) is 2.11. The van der Waals surface area contributed by atoms with E-state index in [1.807, 2.05) is 17.6 Å². The Morgan fingerprint density at radius 3 is 2.71 bits per heavy atom. The van der Waals surface area contributed by atoms with E-state index in [1.54, 1.807) is 35.4 Å². The lowest BCUT2D eigenvalue weighted by Crippen LogP contribution is -2.40. The van der Waals surface area contributed by atoms with Crippen molar-refractivity contribution in [1.82, 2.24) is 14.5 Å². The quantitative estimate of drug-likeness (QED) is 0.696. The summed E-state index contributed by atoms with van der Waals surface area (Å²) < 4.78 is 29.3. The molecular weight excluding hydrogens is 362 g/mol. The Kier molecular flexibility index (Phi) is 4.40. The molecule has 0 unspecified atom stereocenters. The maximum Gasteiger partial charge on any atom is 0.289 e. The van der Waals surface area contributed by atoms with Gasteiger partial charge in [0.15, 0.2) is 17.5 Å². The number of benzene rings is 2. The number of nitrogens with zero attached hydrogens (tertiary/aromatic N) is 4. The molecule has 7 heteroatoms. The predicted molar refractivity (Wildman–Crippen MR) is 99.3 cm³/mol. The van der Waals surface area contributed by atoms with E-state index in [0.29, 0.717) is 36.6 Å². The summed E-state index contributed by atoms with van der Waals surface area (Å²) in [5.74, 6) is -1.93. The van der Waals surface area contributed by atoms with Crippen molar-refractivity contribution in [2.45, 2.75) is 13.5 Å². The number of nitriles is 1. The van der Waals surface area contributed by atoms with Crippen molar-refractivity contribution in [3.8, 4) is 28.5 Å². The summed E-state index contributed by atoms with van der Waals surface area (Å²) in [4.78, 5) is 18.5. The fourth-order valence-electron chi connectivity index (χ4n) is 3.52. The minimum absolute atomic E-state index is 0.108. The molecule has 0 aliphatic carbocycles. The first-order valence-corrected chi connectivity index (χ1v) is 8.88. The third-order valence-corrected chi connectivity index (χ3v) is 4.99. The maximum absolute atomic E-state index is 14.0. The van der Waals surface area contributed by atoms with Gasteiger partial charge in [-0.2, -0.15) is 5.26 Å². The Labute approximate surface area is 160 Å². The standard InChI is InChI=1S/C21H16F2N4O/c1-2-26-8-9-27-18(12-25-20(27)21(26)28)14-5-3-4-13(10-14)15-6-7-17(22)19(23)16(15)11-24/h3-7,10,12H,2,8-9H2,1H3. The Morgan fingerprint density at radius 1 is 1.18 bits per heavy atom. The molecule has 1 aliphatic heterocycles. The Balaban J connectivity index is 1.80. The van der Waals surface area contributed by atoms with E-state index in [4.69, 9.17) is 0 Å². The number of likely N-dealkylation sites (N-methyl/N-ethyl adjacent to an activating group) is 1. The van der Waals surface area contributed by atoms with Crippen molar-refractivity contribution < 1.29 is 13.6 Å². The van der Waals surface area contributed by atoms with Crippen LogP contribution in [0.5, 0.6) is 0 Å². The van der Waals surface area contributed by atoms with Crippen LogP contribution in [0.1, 0.15) is 23.1 Å². The minimum Gasteiger partial charge on any atom is -0.334 e. The van der Waals surface area contributed by atoms with Crippen LogP contribution in [-0.4, -0.2) is 33.4 Å². The number of aromatic nitrogens is 2. The molecule has 0 bridgehead atoms. The van der Waals surface area contributed by atoms with Gasteiger partial charge in [0.2, 0.25) is 0 Å². The molecule has 0 radical (unpaired) electrons. The van der Waals surface area contributed by atoms with Crippen molar-refractivity contribution in [2.75, 3.05) is 13.1 Å². The molecular formula is C21H16F2N4O. The van der Waals surface area contributed by atoms with Crippen LogP contribution < -0.4 is 0 Å². The number of carbonyl (C=O) groups excluding carboxylic acids is 1. The van der Waals surface area contributed by atoms with Crippen molar-refractivity contribution in [1.29, 1.82) is 5.26 Å². The number of hydrogen-bond donors (Lipinski definition) is 0. The molecule has 0 saturated heterocycles. The first-order chi connectivity index (χ1) is 13.5. The summed E-state index contributed by atoms with van der Waals surface area (Å²) in [5, 5.41) is 9.26. The van der Waals surface area contributed by atoms with Gasteiger partial charge in [0.25, 0.3) is 5.91 Å². The van der Waals surface area contributed by atoms with Crippen LogP contribution in [0.4, 0.5) is 8.78 Å². The van der Waals surface area contributed by atoms with Gasteiger partial charge in [-0.3, -0.25) is 4.79 Å². The average molecular weight is 378 g/mol. The molecule has 1 amide bonds. The Morgan fingerprint density at radius 2 is 1.96 bits per heavy atom. The van der Waals surface area contributed by atoms with Gasteiger partial charge < -0.3 is 9.47 Å². The summed E-state index contributed by atoms with van der Waals surface area (Å²) in [7, 11) is 0. The first kappa shape index (κ1) is 17.9. The second kappa shape index (κ2) is 6.89. The number of carbonyl (C=O) groups is 1. The van der Waals surface area contributed by atoms with E-state index >= 15 is 0 Å². The van der Waals surface area contributed by atoms with Gasteiger partial charge in [-0.1, -0.05) is 18.2 Å². The molecule has 4 rings (SSSR count). The largest absolute Gasteiger partial charge is 0.334 e. The maximum atomic E-state index is 14.0. The Hall–Kier alpha value is -3.53. The summed E-state index contributed by atoms with van der Waals surface area (Å²) in [6, 6.07) is 11.3. The molecule has 5 nitrogen and oxygen atoms in total. The van der Waals surface area contributed by atoms with Gasteiger partial charge in [0.1, 0.15) is 6.07 Å². The molecule has 0 fully saturated rings. The molecule has 0 N–H and O–H groups in total. The smallest absolute Gasteiger partial charge is 0.289 e. The third kappa shape index (κ3) is 2.74. The molecule has 3 aromatic rings. The Bertz CT molecular complexity index is 1130. The zero-order chi connectivity index (χ0) is 19.8. The number of rotatable bonds is 3. The van der Waals surface area contributed by atoms with Gasteiger partial charge in [-0.05, 0) is 30.7 Å². The summed E-state index contributed by atoms with van der Waals surface area (Å²) >= 11 is 0. The van der Waals surface area contributed by atoms with Crippen LogP contribution in [0.3, 0.4) is 0 Å². The van der Waals surface area contributed by atoms with E-state index in [9.17, 15) is 18.8 Å². The number of hydrogen-bond acceptors (Lipinski definition) is 3. The second-order valence-electron chi connectivity index (χ2n) is 6.48. The third-order valence-electron chi connectivity index (χ3n) is 4.99. The fraction of sp³-hybridized carbons (Fsp3) is 0.190. The van der Waals surface area contributed by atoms with E-state index in [2.05, 4.69) is 4.98 Å². The lowest BCUT2D eigenvalue weighted by Gasteiger charge is -2.27. The van der Waals surface area contributed by atoms with Crippen molar-refractivity contribution in [3.05, 3.63) is 65.6 Å². The molecule has 0 saturated carbocycles. The van der Waals surface area contributed by atoms with Crippen molar-refractivity contribution >= 4 is 5.91 Å². The van der Waals surface area contributed by atoms with Gasteiger partial charge in [-0.15, -0.1) is 0 Å². The molecule has 1 aliphatic rings. The van der Waals surface area contributed by atoms with Crippen LogP contribution in [-0.2, 0) is 6.54 Å². The van der Waals surface area contributed by atoms with Gasteiger partial charge >= 0.3 is 0 Å². The number of fused-ring (bicyclic) bond motifs is 1. The lowest BCUT2D eigenvalue weighted by molar-refractivity contribution is 0.0707. The van der Waals surface area contributed by atoms with E-state index < -0.39 is 11.6 Å². The zero-order valence-corrected chi connectivity index (χ0v) is 15.1. The SMILES string of the molecule is CCN1CCn2c(-c3cccc(-c4ccc(F)c(F)c4C#N)c3)cnc2C1=O. The highest BCUT2D eigenvalue weighted by Crippen LogP contribution is 2.31. The highest BCUT2D eigenvalue weighted by molar-refractivity contribution is 5.92. The molecule has 0 atom stereocenters. The molecule has 0 spiro atoms.